The normalized spacial score (nSPS) is 10.4. The summed E-state index contributed by atoms with van der Waals surface area (Å²) in [5.74, 6) is 3.16. The van der Waals surface area contributed by atoms with Crippen LogP contribution < -0.4 is 20.1 Å². The van der Waals surface area contributed by atoms with Crippen LogP contribution in [-0.2, 0) is 13.0 Å². The molecule has 0 amide bonds. The third-order valence-electron chi connectivity index (χ3n) is 4.36. The van der Waals surface area contributed by atoms with E-state index in [2.05, 4.69) is 26.7 Å². The van der Waals surface area contributed by atoms with Gasteiger partial charge in [0.05, 0.1) is 14.2 Å². The molecule has 0 fully saturated rings. The fraction of sp³-hybridized carbons (Fsp3) is 0.273. The Hall–Kier alpha value is -3.28. The van der Waals surface area contributed by atoms with Gasteiger partial charge in [-0.25, -0.2) is 4.98 Å². The van der Waals surface area contributed by atoms with Crippen molar-refractivity contribution in [2.24, 2.45) is 0 Å². The molecule has 0 atom stereocenters. The van der Waals surface area contributed by atoms with Gasteiger partial charge < -0.3 is 20.1 Å². The lowest BCUT2D eigenvalue weighted by Crippen LogP contribution is -2.10. The van der Waals surface area contributed by atoms with Crippen LogP contribution in [0.2, 0.25) is 0 Å². The topological polar surface area (TPSA) is 68.3 Å². The van der Waals surface area contributed by atoms with E-state index in [4.69, 9.17) is 9.47 Å². The first-order valence-electron chi connectivity index (χ1n) is 9.26. The van der Waals surface area contributed by atoms with Crippen LogP contribution in [0, 0.1) is 6.92 Å². The maximum absolute atomic E-state index is 5.40. The molecule has 2 N–H and O–H groups in total. The molecular formula is C22H26N4O2. The molecule has 0 radical (unpaired) electrons. The third kappa shape index (κ3) is 5.36. The average molecular weight is 378 g/mol. The highest BCUT2D eigenvalue weighted by atomic mass is 16.5. The zero-order valence-corrected chi connectivity index (χ0v) is 16.5. The van der Waals surface area contributed by atoms with Crippen LogP contribution in [0.25, 0.3) is 0 Å². The van der Waals surface area contributed by atoms with Crippen molar-refractivity contribution in [3.8, 4) is 11.5 Å². The van der Waals surface area contributed by atoms with E-state index in [0.717, 1.165) is 41.5 Å². The van der Waals surface area contributed by atoms with Crippen molar-refractivity contribution in [1.82, 2.24) is 9.97 Å². The van der Waals surface area contributed by atoms with Crippen molar-refractivity contribution in [2.75, 3.05) is 31.4 Å². The van der Waals surface area contributed by atoms with E-state index in [0.29, 0.717) is 12.5 Å². The molecule has 1 heterocycles. The van der Waals surface area contributed by atoms with Crippen molar-refractivity contribution >= 4 is 11.8 Å². The molecule has 0 unspecified atom stereocenters. The fourth-order valence-corrected chi connectivity index (χ4v) is 2.90. The molecule has 3 rings (SSSR count). The maximum Gasteiger partial charge on any atom is 0.225 e. The molecule has 0 aliphatic carbocycles. The van der Waals surface area contributed by atoms with Crippen molar-refractivity contribution in [2.45, 2.75) is 19.9 Å². The van der Waals surface area contributed by atoms with Crippen molar-refractivity contribution in [3.05, 3.63) is 71.4 Å². The van der Waals surface area contributed by atoms with Gasteiger partial charge in [-0.05, 0) is 42.7 Å². The summed E-state index contributed by atoms with van der Waals surface area (Å²) < 4.78 is 10.6. The van der Waals surface area contributed by atoms with E-state index in [1.807, 2.05) is 55.5 Å². The summed E-state index contributed by atoms with van der Waals surface area (Å²) in [7, 11) is 3.36. The molecule has 146 valence electrons. The highest BCUT2D eigenvalue weighted by Gasteiger charge is 2.05. The van der Waals surface area contributed by atoms with Crippen molar-refractivity contribution < 1.29 is 9.47 Å². The molecular weight excluding hydrogens is 352 g/mol. The predicted molar refractivity (Wildman–Crippen MR) is 112 cm³/mol. The largest absolute Gasteiger partial charge is 0.497 e. The van der Waals surface area contributed by atoms with Crippen LogP contribution in [0.15, 0.2) is 54.6 Å². The zero-order chi connectivity index (χ0) is 19.8. The third-order valence-corrected chi connectivity index (χ3v) is 4.36. The molecule has 28 heavy (non-hydrogen) atoms. The van der Waals surface area contributed by atoms with Crippen LogP contribution >= 0.6 is 0 Å². The monoisotopic (exact) mass is 378 g/mol. The number of nitrogens with zero attached hydrogens (tertiary/aromatic N) is 2. The molecule has 1 aromatic heterocycles. The molecule has 6 heteroatoms. The van der Waals surface area contributed by atoms with Crippen LogP contribution in [-0.4, -0.2) is 30.7 Å². The standard InChI is InChI=1S/C22H26N4O2/c1-16-14-21(23-13-12-18-6-4-5-7-20(18)28-3)26-22(25-16)24-15-17-8-10-19(27-2)11-9-17/h4-11,14H,12-13,15H2,1-3H3,(H2,23,24,25,26). The van der Waals surface area contributed by atoms with E-state index in [-0.39, 0.29) is 0 Å². The molecule has 0 spiro atoms. The molecule has 6 nitrogen and oxygen atoms in total. The summed E-state index contributed by atoms with van der Waals surface area (Å²) in [6, 6.07) is 17.9. The van der Waals surface area contributed by atoms with Crippen LogP contribution in [0.1, 0.15) is 16.8 Å². The van der Waals surface area contributed by atoms with Gasteiger partial charge in [0.2, 0.25) is 5.95 Å². The van der Waals surface area contributed by atoms with E-state index in [9.17, 15) is 0 Å². The minimum atomic E-state index is 0.607. The number of anilines is 2. The average Bonchev–Trinajstić information content (AvgIpc) is 2.72. The number of hydrogen-bond acceptors (Lipinski definition) is 6. The van der Waals surface area contributed by atoms with Gasteiger partial charge in [0.15, 0.2) is 0 Å². The molecule has 0 saturated heterocycles. The number of methoxy groups -OCH3 is 2. The van der Waals surface area contributed by atoms with Crippen LogP contribution in [0.5, 0.6) is 11.5 Å². The Balaban J connectivity index is 1.57. The van der Waals surface area contributed by atoms with Gasteiger partial charge in [0.25, 0.3) is 0 Å². The van der Waals surface area contributed by atoms with Gasteiger partial charge in [-0.2, -0.15) is 4.98 Å². The molecule has 0 bridgehead atoms. The van der Waals surface area contributed by atoms with Gasteiger partial charge in [0, 0.05) is 24.8 Å². The highest BCUT2D eigenvalue weighted by molar-refractivity contribution is 5.43. The Morgan fingerprint density at radius 3 is 2.43 bits per heavy atom. The van der Waals surface area contributed by atoms with Gasteiger partial charge in [-0.1, -0.05) is 30.3 Å². The van der Waals surface area contributed by atoms with Gasteiger partial charge >= 0.3 is 0 Å². The molecule has 2 aromatic carbocycles. The Kier molecular flexibility index (Phi) is 6.68. The summed E-state index contributed by atoms with van der Waals surface area (Å²) in [6.07, 6.45) is 0.849. The first-order valence-corrected chi connectivity index (χ1v) is 9.26. The summed E-state index contributed by atoms with van der Waals surface area (Å²) >= 11 is 0. The molecule has 0 saturated carbocycles. The second-order valence-corrected chi connectivity index (χ2v) is 6.41. The quantitative estimate of drug-likeness (QED) is 0.585. The molecule has 0 aliphatic heterocycles. The van der Waals surface area contributed by atoms with Crippen molar-refractivity contribution in [3.63, 3.8) is 0 Å². The van der Waals surface area contributed by atoms with E-state index in [1.54, 1.807) is 14.2 Å². The molecule has 0 aliphatic rings. The fourth-order valence-electron chi connectivity index (χ4n) is 2.90. The van der Waals surface area contributed by atoms with Gasteiger partial charge in [-0.3, -0.25) is 0 Å². The number of para-hydroxylation sites is 1. The van der Waals surface area contributed by atoms with E-state index < -0.39 is 0 Å². The number of aromatic nitrogens is 2. The zero-order valence-electron chi connectivity index (χ0n) is 16.5. The Labute approximate surface area is 166 Å². The Bertz CT molecular complexity index is 897. The molecule has 3 aromatic rings. The van der Waals surface area contributed by atoms with E-state index in [1.165, 1.54) is 5.56 Å². The minimum Gasteiger partial charge on any atom is -0.497 e. The summed E-state index contributed by atoms with van der Waals surface area (Å²) in [4.78, 5) is 9.04. The lowest BCUT2D eigenvalue weighted by atomic mass is 10.1. The SMILES string of the molecule is COc1ccc(CNc2nc(C)cc(NCCc3ccccc3OC)n2)cc1. The smallest absolute Gasteiger partial charge is 0.225 e. The van der Waals surface area contributed by atoms with E-state index >= 15 is 0 Å². The lowest BCUT2D eigenvalue weighted by Gasteiger charge is -2.11. The van der Waals surface area contributed by atoms with Gasteiger partial charge in [-0.15, -0.1) is 0 Å². The highest BCUT2D eigenvalue weighted by Crippen LogP contribution is 2.18. The van der Waals surface area contributed by atoms with Gasteiger partial charge in [0.1, 0.15) is 17.3 Å². The Morgan fingerprint density at radius 2 is 1.68 bits per heavy atom. The Morgan fingerprint density at radius 1 is 0.893 bits per heavy atom. The first kappa shape index (κ1) is 19.5. The summed E-state index contributed by atoms with van der Waals surface area (Å²) in [5, 5.41) is 6.66. The maximum atomic E-state index is 5.40. The second kappa shape index (κ2) is 9.60. The first-order chi connectivity index (χ1) is 13.7. The number of rotatable bonds is 9. The second-order valence-electron chi connectivity index (χ2n) is 6.41. The predicted octanol–water partition coefficient (Wildman–Crippen LogP) is 4.07. The van der Waals surface area contributed by atoms with Crippen molar-refractivity contribution in [1.29, 1.82) is 0 Å². The number of aryl methyl sites for hydroxylation is 1. The summed E-state index contributed by atoms with van der Waals surface area (Å²) in [5.41, 5.74) is 3.21. The lowest BCUT2D eigenvalue weighted by molar-refractivity contribution is 0.410. The summed E-state index contributed by atoms with van der Waals surface area (Å²) in [6.45, 7) is 3.37. The number of ether oxygens (including phenoxy) is 2. The van der Waals surface area contributed by atoms with Crippen LogP contribution in [0.4, 0.5) is 11.8 Å². The number of hydrogen-bond donors (Lipinski definition) is 2. The number of nitrogens with one attached hydrogen (secondary N) is 2. The van der Waals surface area contributed by atoms with Crippen LogP contribution in [0.3, 0.4) is 0 Å². The number of benzene rings is 2. The minimum absolute atomic E-state index is 0.607.